The zero-order valence-electron chi connectivity index (χ0n) is 12.7. The van der Waals surface area contributed by atoms with Crippen molar-refractivity contribution in [2.45, 2.75) is 56.8 Å². The predicted molar refractivity (Wildman–Crippen MR) is 84.9 cm³/mol. The van der Waals surface area contributed by atoms with Crippen LogP contribution in [0.25, 0.3) is 0 Å². The molecule has 1 aromatic rings. The van der Waals surface area contributed by atoms with Crippen molar-refractivity contribution in [2.24, 2.45) is 0 Å². The third-order valence-corrected chi connectivity index (χ3v) is 9.12. The molecule has 0 radical (unpaired) electrons. The number of hydrogen-bond acceptors (Lipinski definition) is 2. The summed E-state index contributed by atoms with van der Waals surface area (Å²) < 4.78 is 6.42. The predicted octanol–water partition coefficient (Wildman–Crippen LogP) is 5.49. The quantitative estimate of drug-likeness (QED) is 0.533. The van der Waals surface area contributed by atoms with Crippen molar-refractivity contribution in [3.05, 3.63) is 29.8 Å². The van der Waals surface area contributed by atoms with E-state index in [1.807, 2.05) is 0 Å². The van der Waals surface area contributed by atoms with E-state index in [9.17, 15) is 0 Å². The molecule has 0 unspecified atom stereocenters. The second kappa shape index (κ2) is 5.80. The third kappa shape index (κ3) is 3.87. The zero-order valence-corrected chi connectivity index (χ0v) is 14.5. The van der Waals surface area contributed by atoms with Crippen LogP contribution in [0.3, 0.4) is 0 Å². The molecule has 0 aromatic heterocycles. The Bertz CT molecular complexity index is 396. The van der Waals surface area contributed by atoms with Gasteiger partial charge in [-0.2, -0.15) is 0 Å². The summed E-state index contributed by atoms with van der Waals surface area (Å²) >= 11 is 1.78. The van der Waals surface area contributed by atoms with E-state index in [4.69, 9.17) is 4.43 Å². The van der Waals surface area contributed by atoms with Crippen molar-refractivity contribution >= 4 is 20.1 Å². The van der Waals surface area contributed by atoms with E-state index in [-0.39, 0.29) is 11.1 Å². The van der Waals surface area contributed by atoms with Crippen LogP contribution in [0, 0.1) is 0 Å². The fraction of sp³-hybridized carbons (Fsp3) is 0.600. The van der Waals surface area contributed by atoms with E-state index >= 15 is 0 Å². The molecule has 0 bridgehead atoms. The molecule has 1 rings (SSSR count). The summed E-state index contributed by atoms with van der Waals surface area (Å²) in [6.45, 7) is 13.6. The van der Waals surface area contributed by atoms with E-state index in [0.717, 1.165) is 0 Å². The monoisotopic (exact) mass is 282 g/mol. The molecule has 0 N–H and O–H groups in total. The lowest BCUT2D eigenvalue weighted by molar-refractivity contribution is 0.203. The molecule has 0 aliphatic carbocycles. The number of benzene rings is 1. The smallest absolute Gasteiger partial charge is 0.192 e. The summed E-state index contributed by atoms with van der Waals surface area (Å²) in [7, 11) is -1.69. The highest BCUT2D eigenvalue weighted by atomic mass is 32.2. The molecule has 0 saturated heterocycles. The maximum Gasteiger partial charge on any atom is 0.192 e. The molecule has 0 amide bonds. The van der Waals surface area contributed by atoms with Crippen LogP contribution in [0.1, 0.15) is 39.4 Å². The topological polar surface area (TPSA) is 9.23 Å². The normalized spacial score (nSPS) is 14.6. The van der Waals surface area contributed by atoms with E-state index in [0.29, 0.717) is 0 Å². The first-order chi connectivity index (χ1) is 8.17. The van der Waals surface area contributed by atoms with Gasteiger partial charge in [-0.05, 0) is 49.0 Å². The van der Waals surface area contributed by atoms with Gasteiger partial charge in [-0.25, -0.2) is 0 Å². The van der Waals surface area contributed by atoms with Crippen LogP contribution in [0.5, 0.6) is 0 Å². The van der Waals surface area contributed by atoms with Crippen LogP contribution in [0.2, 0.25) is 18.1 Å². The van der Waals surface area contributed by atoms with E-state index < -0.39 is 8.32 Å². The third-order valence-electron chi connectivity index (χ3n) is 3.84. The van der Waals surface area contributed by atoms with Crippen LogP contribution in [-0.2, 0) is 4.43 Å². The van der Waals surface area contributed by atoms with Crippen molar-refractivity contribution in [1.82, 2.24) is 0 Å². The minimum Gasteiger partial charge on any atom is -0.410 e. The molecule has 0 aliphatic rings. The Morgan fingerprint density at radius 2 is 1.83 bits per heavy atom. The summed E-state index contributed by atoms with van der Waals surface area (Å²) in [5, 5.41) is 0.262. The van der Waals surface area contributed by atoms with E-state index in [2.05, 4.69) is 71.3 Å². The molecule has 0 spiro atoms. The molecule has 0 heterocycles. The molecule has 1 atom stereocenters. The molecular formula is C15H26OSSi. The average Bonchev–Trinajstić information content (AvgIpc) is 2.27. The van der Waals surface area contributed by atoms with Gasteiger partial charge in [-0.1, -0.05) is 32.9 Å². The Morgan fingerprint density at radius 1 is 1.22 bits per heavy atom. The molecule has 0 fully saturated rings. The summed E-state index contributed by atoms with van der Waals surface area (Å²) in [6, 6.07) is 8.67. The molecule has 102 valence electrons. The summed E-state index contributed by atoms with van der Waals surface area (Å²) in [4.78, 5) is 1.30. The maximum atomic E-state index is 6.42. The fourth-order valence-corrected chi connectivity index (χ4v) is 3.42. The van der Waals surface area contributed by atoms with Crippen molar-refractivity contribution < 1.29 is 4.43 Å². The van der Waals surface area contributed by atoms with Gasteiger partial charge < -0.3 is 4.43 Å². The van der Waals surface area contributed by atoms with Gasteiger partial charge in [-0.3, -0.25) is 0 Å². The zero-order chi connectivity index (χ0) is 14.0. The van der Waals surface area contributed by atoms with E-state index in [1.54, 1.807) is 11.8 Å². The first kappa shape index (κ1) is 15.8. The second-order valence-electron chi connectivity index (χ2n) is 6.30. The van der Waals surface area contributed by atoms with Crippen LogP contribution < -0.4 is 0 Å². The second-order valence-corrected chi connectivity index (χ2v) is 11.9. The van der Waals surface area contributed by atoms with Crippen molar-refractivity contribution in [1.29, 1.82) is 0 Å². The minimum absolute atomic E-state index is 0.179. The molecule has 1 nitrogen and oxygen atoms in total. The highest BCUT2D eigenvalue weighted by Gasteiger charge is 2.38. The van der Waals surface area contributed by atoms with Gasteiger partial charge in [0.05, 0.1) is 6.10 Å². The molecular weight excluding hydrogens is 256 g/mol. The Balaban J connectivity index is 2.85. The standard InChI is InChI=1S/C15H26OSSi/c1-12(16-18(6,7)15(2,3)4)13-9-8-10-14(11-13)17-5/h8-12H,1-7H3/t12-/m1/s1. The maximum absolute atomic E-state index is 6.42. The molecule has 1 aromatic carbocycles. The number of rotatable bonds is 4. The van der Waals surface area contributed by atoms with Crippen LogP contribution >= 0.6 is 11.8 Å². The van der Waals surface area contributed by atoms with Gasteiger partial charge in [0, 0.05) is 4.90 Å². The highest BCUT2D eigenvalue weighted by molar-refractivity contribution is 7.98. The Labute approximate surface area is 117 Å². The lowest BCUT2D eigenvalue weighted by atomic mass is 10.1. The van der Waals surface area contributed by atoms with Crippen LogP contribution in [0.15, 0.2) is 29.2 Å². The largest absolute Gasteiger partial charge is 0.410 e. The molecule has 3 heteroatoms. The van der Waals surface area contributed by atoms with Gasteiger partial charge in [-0.15, -0.1) is 11.8 Å². The highest BCUT2D eigenvalue weighted by Crippen LogP contribution is 2.39. The van der Waals surface area contributed by atoms with Gasteiger partial charge in [0.15, 0.2) is 8.32 Å². The van der Waals surface area contributed by atoms with Crippen LogP contribution in [-0.4, -0.2) is 14.6 Å². The van der Waals surface area contributed by atoms with E-state index in [1.165, 1.54) is 10.5 Å². The average molecular weight is 283 g/mol. The molecule has 0 saturated carbocycles. The van der Waals surface area contributed by atoms with Crippen molar-refractivity contribution in [3.8, 4) is 0 Å². The Kier molecular flexibility index (Phi) is 5.10. The summed E-state index contributed by atoms with van der Waals surface area (Å²) in [5.41, 5.74) is 1.28. The summed E-state index contributed by atoms with van der Waals surface area (Å²) in [6.07, 6.45) is 2.29. The Morgan fingerprint density at radius 3 is 2.33 bits per heavy atom. The van der Waals surface area contributed by atoms with Crippen molar-refractivity contribution in [2.75, 3.05) is 6.26 Å². The van der Waals surface area contributed by atoms with Gasteiger partial charge >= 0.3 is 0 Å². The lowest BCUT2D eigenvalue weighted by Gasteiger charge is -2.38. The van der Waals surface area contributed by atoms with Gasteiger partial charge in [0.1, 0.15) is 0 Å². The van der Waals surface area contributed by atoms with Crippen LogP contribution in [0.4, 0.5) is 0 Å². The van der Waals surface area contributed by atoms with Gasteiger partial charge in [0.2, 0.25) is 0 Å². The molecule has 0 aliphatic heterocycles. The minimum atomic E-state index is -1.69. The van der Waals surface area contributed by atoms with Crippen molar-refractivity contribution in [3.63, 3.8) is 0 Å². The van der Waals surface area contributed by atoms with Gasteiger partial charge in [0.25, 0.3) is 0 Å². The SMILES string of the molecule is CSc1cccc([C@@H](C)O[Si](C)(C)C(C)(C)C)c1. The number of thioether (sulfide) groups is 1. The summed E-state index contributed by atoms with van der Waals surface area (Å²) in [5.74, 6) is 0. The lowest BCUT2D eigenvalue weighted by Crippen LogP contribution is -2.41. The fourth-order valence-electron chi connectivity index (χ4n) is 1.58. The Hall–Kier alpha value is -0.253. The molecule has 18 heavy (non-hydrogen) atoms. The number of hydrogen-bond donors (Lipinski definition) is 0. The first-order valence-corrected chi connectivity index (χ1v) is 10.6. The first-order valence-electron chi connectivity index (χ1n) is 6.49.